The first-order valence-electron chi connectivity index (χ1n) is 16.9. The first-order valence-corrected chi connectivity index (χ1v) is 16.9. The summed E-state index contributed by atoms with van der Waals surface area (Å²) in [6.07, 6.45) is 1.23. The number of aliphatic carboxylic acids is 1. The number of amides is 2. The summed E-state index contributed by atoms with van der Waals surface area (Å²) >= 11 is 0. The number of carbonyl (C=O) groups is 3. The van der Waals surface area contributed by atoms with Crippen LogP contribution < -0.4 is 5.32 Å². The zero-order valence-electron chi connectivity index (χ0n) is 28.1. The highest BCUT2D eigenvalue weighted by atomic mass is 16.5. The van der Waals surface area contributed by atoms with E-state index in [0.29, 0.717) is 19.4 Å². The Morgan fingerprint density at radius 1 is 0.714 bits per heavy atom. The molecule has 0 saturated carbocycles. The number of nitrogens with zero attached hydrogens (tertiary/aromatic N) is 1. The van der Waals surface area contributed by atoms with Crippen LogP contribution in [0.3, 0.4) is 0 Å². The van der Waals surface area contributed by atoms with Crippen molar-refractivity contribution in [2.24, 2.45) is 11.8 Å². The lowest BCUT2D eigenvalue weighted by atomic mass is 9.96. The highest BCUT2D eigenvalue weighted by Crippen LogP contribution is 2.29. The number of aryl methyl sites for hydroxylation is 1. The quantitative estimate of drug-likeness (QED) is 0.111. The Balaban J connectivity index is 1.29. The largest absolute Gasteiger partial charge is 0.480 e. The Morgan fingerprint density at radius 2 is 1.35 bits per heavy atom. The average molecular weight is 657 g/mol. The first kappa shape index (κ1) is 34.9. The van der Waals surface area contributed by atoms with E-state index in [-0.39, 0.29) is 31.5 Å². The number of hydrogen-bond acceptors (Lipinski definition) is 4. The molecular weight excluding hydrogens is 612 g/mol. The lowest BCUT2D eigenvalue weighted by molar-refractivity contribution is -0.150. The summed E-state index contributed by atoms with van der Waals surface area (Å²) in [5.41, 5.74) is 4.88. The molecule has 0 aliphatic rings. The molecule has 2 N–H and O–H groups in total. The lowest BCUT2D eigenvalue weighted by Crippen LogP contribution is -2.51. The number of nitrogens with one attached hydrogen (secondary N) is 1. The van der Waals surface area contributed by atoms with E-state index in [9.17, 15) is 19.5 Å². The molecule has 7 nitrogen and oxygen atoms in total. The summed E-state index contributed by atoms with van der Waals surface area (Å²) in [6, 6.07) is 39.9. The van der Waals surface area contributed by atoms with Crippen LogP contribution in [0.4, 0.5) is 4.79 Å². The molecule has 5 rings (SSSR count). The number of urea groups is 1. The van der Waals surface area contributed by atoms with Crippen molar-refractivity contribution in [1.29, 1.82) is 0 Å². The third kappa shape index (κ3) is 10.0. The van der Waals surface area contributed by atoms with Crippen molar-refractivity contribution in [3.8, 4) is 11.1 Å². The third-order valence-corrected chi connectivity index (χ3v) is 8.59. The first-order chi connectivity index (χ1) is 23.8. The van der Waals surface area contributed by atoms with Crippen LogP contribution in [0.25, 0.3) is 21.9 Å². The van der Waals surface area contributed by atoms with Crippen molar-refractivity contribution >= 4 is 28.7 Å². The van der Waals surface area contributed by atoms with Crippen molar-refractivity contribution in [2.75, 3.05) is 13.1 Å². The molecule has 1 unspecified atom stereocenters. The number of esters is 1. The molecule has 252 valence electrons. The Bertz CT molecular complexity index is 1820. The maximum absolute atomic E-state index is 13.8. The highest BCUT2D eigenvalue weighted by molar-refractivity contribution is 5.96. The minimum absolute atomic E-state index is 0.0887. The van der Waals surface area contributed by atoms with E-state index >= 15 is 0 Å². The maximum atomic E-state index is 13.8. The molecular formula is C42H44N2O5. The van der Waals surface area contributed by atoms with Gasteiger partial charge in [0.25, 0.3) is 0 Å². The van der Waals surface area contributed by atoms with Crippen molar-refractivity contribution in [1.82, 2.24) is 10.2 Å². The second-order valence-electron chi connectivity index (χ2n) is 12.9. The minimum atomic E-state index is -1.15. The Hall–Kier alpha value is -5.43. The van der Waals surface area contributed by atoms with Crippen molar-refractivity contribution in [3.63, 3.8) is 0 Å². The number of carbonyl (C=O) groups excluding carboxylic acids is 2. The van der Waals surface area contributed by atoms with E-state index in [2.05, 4.69) is 29.6 Å². The van der Waals surface area contributed by atoms with Gasteiger partial charge in [0.1, 0.15) is 12.6 Å². The molecule has 0 saturated heterocycles. The molecule has 0 aliphatic carbocycles. The molecule has 0 spiro atoms. The smallest absolute Gasteiger partial charge is 0.326 e. The number of carboxylic acids is 1. The fourth-order valence-electron chi connectivity index (χ4n) is 6.04. The van der Waals surface area contributed by atoms with Crippen LogP contribution in [-0.4, -0.2) is 47.1 Å². The molecule has 2 atom stereocenters. The molecule has 0 aliphatic heterocycles. The van der Waals surface area contributed by atoms with Gasteiger partial charge in [-0.15, -0.1) is 0 Å². The van der Waals surface area contributed by atoms with Crippen LogP contribution in [-0.2, 0) is 33.8 Å². The van der Waals surface area contributed by atoms with E-state index in [1.807, 2.05) is 117 Å². The molecule has 5 aromatic rings. The minimum Gasteiger partial charge on any atom is -0.480 e. The Labute approximate surface area is 288 Å². The van der Waals surface area contributed by atoms with Gasteiger partial charge >= 0.3 is 18.0 Å². The SMILES string of the molecule is CC(C)CN(CC(CCc1ccccc1)C(=O)OCc1ccccc1)C(=O)N[C@@H](Cc1ccc(-c2cccc3ccccc23)cc1)C(=O)O. The number of fused-ring (bicyclic) bond motifs is 1. The average Bonchev–Trinajstić information content (AvgIpc) is 3.12. The molecule has 0 bridgehead atoms. The van der Waals surface area contributed by atoms with Crippen LogP contribution >= 0.6 is 0 Å². The highest BCUT2D eigenvalue weighted by Gasteiger charge is 2.29. The van der Waals surface area contributed by atoms with Crippen molar-refractivity contribution < 1.29 is 24.2 Å². The van der Waals surface area contributed by atoms with Gasteiger partial charge in [0.2, 0.25) is 0 Å². The van der Waals surface area contributed by atoms with Gasteiger partial charge in [-0.2, -0.15) is 0 Å². The van der Waals surface area contributed by atoms with Gasteiger partial charge in [0.15, 0.2) is 0 Å². The van der Waals surface area contributed by atoms with Crippen LogP contribution in [0, 0.1) is 11.8 Å². The number of ether oxygens (including phenoxy) is 1. The van der Waals surface area contributed by atoms with Crippen LogP contribution in [0.15, 0.2) is 127 Å². The number of benzene rings is 5. The third-order valence-electron chi connectivity index (χ3n) is 8.59. The van der Waals surface area contributed by atoms with Crippen LogP contribution in [0.1, 0.15) is 37.0 Å². The molecule has 0 aromatic heterocycles. The van der Waals surface area contributed by atoms with Crippen LogP contribution in [0.2, 0.25) is 0 Å². The number of carboxylic acid groups (broad SMARTS) is 1. The van der Waals surface area contributed by atoms with E-state index in [1.54, 1.807) is 4.90 Å². The second-order valence-corrected chi connectivity index (χ2v) is 12.9. The maximum Gasteiger partial charge on any atom is 0.326 e. The second kappa shape index (κ2) is 17.1. The molecule has 2 amide bonds. The zero-order chi connectivity index (χ0) is 34.6. The van der Waals surface area contributed by atoms with Gasteiger partial charge in [0.05, 0.1) is 5.92 Å². The fraction of sp³-hybridized carbons (Fsp3) is 0.262. The van der Waals surface area contributed by atoms with Gasteiger partial charge in [-0.3, -0.25) is 4.79 Å². The summed E-state index contributed by atoms with van der Waals surface area (Å²) in [5.74, 6) is -2.02. The van der Waals surface area contributed by atoms with Gasteiger partial charge in [-0.1, -0.05) is 141 Å². The summed E-state index contributed by atoms with van der Waals surface area (Å²) in [4.78, 5) is 41.2. The van der Waals surface area contributed by atoms with E-state index in [4.69, 9.17) is 4.74 Å². The summed E-state index contributed by atoms with van der Waals surface area (Å²) in [5, 5.41) is 15.2. The van der Waals surface area contributed by atoms with Crippen molar-refractivity contribution in [2.45, 2.75) is 45.8 Å². The number of hydrogen-bond donors (Lipinski definition) is 2. The van der Waals surface area contributed by atoms with E-state index < -0.39 is 24.0 Å². The molecule has 5 aromatic carbocycles. The fourth-order valence-corrected chi connectivity index (χ4v) is 6.04. The molecule has 0 heterocycles. The van der Waals surface area contributed by atoms with Gasteiger partial charge in [-0.05, 0) is 57.3 Å². The normalized spacial score (nSPS) is 12.3. The molecule has 49 heavy (non-hydrogen) atoms. The van der Waals surface area contributed by atoms with Gasteiger partial charge in [-0.25, -0.2) is 9.59 Å². The summed E-state index contributed by atoms with van der Waals surface area (Å²) in [6.45, 7) is 4.57. The standard InChI is InChI=1S/C42H44N2O5/c1-30(2)27-44(28-36(25-20-31-12-5-3-6-13-31)41(47)49-29-33-14-7-4-8-15-33)42(48)43-39(40(45)46)26-32-21-23-35(24-22-32)38-19-11-17-34-16-9-10-18-37(34)38/h3-19,21-24,30,36,39H,20,25-29H2,1-2H3,(H,43,48)(H,45,46)/t36?,39-/m0/s1. The van der Waals surface area contributed by atoms with Crippen molar-refractivity contribution in [3.05, 3.63) is 144 Å². The molecule has 0 fully saturated rings. The Kier molecular flexibility index (Phi) is 12.2. The monoisotopic (exact) mass is 656 g/mol. The number of rotatable bonds is 15. The Morgan fingerprint density at radius 3 is 2.02 bits per heavy atom. The lowest BCUT2D eigenvalue weighted by Gasteiger charge is -2.30. The summed E-state index contributed by atoms with van der Waals surface area (Å²) < 4.78 is 5.74. The van der Waals surface area contributed by atoms with Gasteiger partial charge in [0, 0.05) is 19.5 Å². The van der Waals surface area contributed by atoms with E-state index in [0.717, 1.165) is 38.6 Å². The predicted octanol–water partition coefficient (Wildman–Crippen LogP) is 8.16. The molecule has 0 radical (unpaired) electrons. The van der Waals surface area contributed by atoms with E-state index in [1.165, 1.54) is 0 Å². The zero-order valence-corrected chi connectivity index (χ0v) is 28.1. The predicted molar refractivity (Wildman–Crippen MR) is 194 cm³/mol. The van der Waals surface area contributed by atoms with Gasteiger partial charge < -0.3 is 20.1 Å². The van der Waals surface area contributed by atoms with Crippen LogP contribution in [0.5, 0.6) is 0 Å². The molecule has 7 heteroatoms. The summed E-state index contributed by atoms with van der Waals surface area (Å²) in [7, 11) is 0. The topological polar surface area (TPSA) is 95.9 Å².